The van der Waals surface area contributed by atoms with Gasteiger partial charge in [0.05, 0.1) is 6.54 Å². The maximum atomic E-state index is 12.8. The van der Waals surface area contributed by atoms with E-state index < -0.39 is 0 Å². The Morgan fingerprint density at radius 1 is 0.750 bits per heavy atom. The minimum atomic E-state index is -0.154. The number of anilines is 2. The first-order valence-electron chi connectivity index (χ1n) is 10.5. The fourth-order valence-corrected chi connectivity index (χ4v) is 3.57. The minimum Gasteiger partial charge on any atom is -0.376 e. The first-order valence-corrected chi connectivity index (χ1v) is 10.5. The number of carbonyl (C=O) groups is 2. The maximum Gasteiger partial charge on any atom is 0.253 e. The zero-order chi connectivity index (χ0) is 22.3. The van der Waals surface area contributed by atoms with E-state index in [2.05, 4.69) is 10.6 Å². The molecule has 0 aliphatic heterocycles. The van der Waals surface area contributed by atoms with Crippen LogP contribution in [0.2, 0.25) is 0 Å². The monoisotopic (exact) mass is 423 g/mol. The van der Waals surface area contributed by atoms with Crippen molar-refractivity contribution in [2.75, 3.05) is 24.2 Å². The summed E-state index contributed by atoms with van der Waals surface area (Å²) in [6.45, 7) is 0.635. The number of rotatable bonds is 7. The Hall–Kier alpha value is -4.12. The van der Waals surface area contributed by atoms with E-state index >= 15 is 0 Å². The molecule has 0 aliphatic rings. The average molecular weight is 424 g/mol. The van der Waals surface area contributed by atoms with E-state index in [4.69, 9.17) is 0 Å². The van der Waals surface area contributed by atoms with Gasteiger partial charge in [-0.3, -0.25) is 9.59 Å². The standard InChI is InChI=1S/C27H25N3O2/c1-30(19-20-8-3-2-4-9-20)27(32)23-12-7-13-24(17-23)28-18-26(31)29-25-15-14-21-10-5-6-11-22(21)16-25/h2-17,28H,18-19H2,1H3,(H,29,31). The summed E-state index contributed by atoms with van der Waals surface area (Å²) < 4.78 is 0. The van der Waals surface area contributed by atoms with Gasteiger partial charge in [-0.2, -0.15) is 0 Å². The summed E-state index contributed by atoms with van der Waals surface area (Å²) in [6, 6.07) is 30.9. The highest BCUT2D eigenvalue weighted by molar-refractivity contribution is 5.97. The van der Waals surface area contributed by atoms with Gasteiger partial charge >= 0.3 is 0 Å². The van der Waals surface area contributed by atoms with Gasteiger partial charge in [0.15, 0.2) is 0 Å². The topological polar surface area (TPSA) is 61.4 Å². The van der Waals surface area contributed by atoms with Gasteiger partial charge in [0.25, 0.3) is 5.91 Å². The molecule has 4 rings (SSSR count). The second-order valence-corrected chi connectivity index (χ2v) is 7.69. The zero-order valence-corrected chi connectivity index (χ0v) is 17.9. The molecule has 0 atom stereocenters. The SMILES string of the molecule is CN(Cc1ccccc1)C(=O)c1cccc(NCC(=O)Nc2ccc3ccccc3c2)c1. The van der Waals surface area contributed by atoms with Crippen molar-refractivity contribution < 1.29 is 9.59 Å². The third-order valence-corrected chi connectivity index (χ3v) is 5.21. The van der Waals surface area contributed by atoms with Gasteiger partial charge < -0.3 is 15.5 Å². The molecular formula is C27H25N3O2. The first kappa shape index (κ1) is 21.1. The lowest BCUT2D eigenvalue weighted by atomic mass is 10.1. The summed E-state index contributed by atoms with van der Waals surface area (Å²) >= 11 is 0. The molecule has 0 unspecified atom stereocenters. The number of hydrogen-bond donors (Lipinski definition) is 2. The summed E-state index contributed by atoms with van der Waals surface area (Å²) in [6.07, 6.45) is 0. The van der Waals surface area contributed by atoms with Crippen LogP contribution in [0, 0.1) is 0 Å². The van der Waals surface area contributed by atoms with Crippen LogP contribution in [-0.4, -0.2) is 30.3 Å². The highest BCUT2D eigenvalue weighted by atomic mass is 16.2. The number of nitrogens with zero attached hydrogens (tertiary/aromatic N) is 1. The fraction of sp³-hybridized carbons (Fsp3) is 0.111. The Labute approximate surface area is 187 Å². The first-order chi connectivity index (χ1) is 15.6. The van der Waals surface area contributed by atoms with E-state index in [1.807, 2.05) is 84.9 Å². The quantitative estimate of drug-likeness (QED) is 0.431. The Morgan fingerprint density at radius 3 is 2.31 bits per heavy atom. The molecule has 4 aromatic carbocycles. The molecule has 2 amide bonds. The second kappa shape index (κ2) is 9.79. The zero-order valence-electron chi connectivity index (χ0n) is 17.9. The van der Waals surface area contributed by atoms with Crippen LogP contribution in [0.15, 0.2) is 97.1 Å². The summed E-state index contributed by atoms with van der Waals surface area (Å²) in [4.78, 5) is 26.9. The normalized spacial score (nSPS) is 10.5. The Balaban J connectivity index is 1.34. The van der Waals surface area contributed by atoms with E-state index in [0.29, 0.717) is 12.1 Å². The highest BCUT2D eigenvalue weighted by Crippen LogP contribution is 2.19. The lowest BCUT2D eigenvalue weighted by Gasteiger charge is -2.18. The molecule has 0 aromatic heterocycles. The predicted octanol–water partition coefficient (Wildman–Crippen LogP) is 5.16. The summed E-state index contributed by atoms with van der Waals surface area (Å²) in [7, 11) is 1.78. The van der Waals surface area contributed by atoms with Crippen LogP contribution in [0.1, 0.15) is 15.9 Å². The number of nitrogens with one attached hydrogen (secondary N) is 2. The van der Waals surface area contributed by atoms with Gasteiger partial charge in [-0.1, -0.05) is 66.7 Å². The Kier molecular flexibility index (Phi) is 6.46. The smallest absolute Gasteiger partial charge is 0.253 e. The van der Waals surface area contributed by atoms with Gasteiger partial charge in [0, 0.05) is 30.5 Å². The molecule has 0 saturated heterocycles. The van der Waals surface area contributed by atoms with Crippen molar-refractivity contribution in [3.8, 4) is 0 Å². The van der Waals surface area contributed by atoms with Crippen molar-refractivity contribution in [2.24, 2.45) is 0 Å². The average Bonchev–Trinajstić information content (AvgIpc) is 2.83. The van der Waals surface area contributed by atoms with Crippen LogP contribution in [0.25, 0.3) is 10.8 Å². The molecule has 0 fully saturated rings. The van der Waals surface area contributed by atoms with Crippen molar-refractivity contribution in [1.29, 1.82) is 0 Å². The number of fused-ring (bicyclic) bond motifs is 1. The van der Waals surface area contributed by atoms with E-state index in [9.17, 15) is 9.59 Å². The van der Waals surface area contributed by atoms with Crippen molar-refractivity contribution in [3.63, 3.8) is 0 Å². The third kappa shape index (κ3) is 5.32. The van der Waals surface area contributed by atoms with Gasteiger partial charge in [0.2, 0.25) is 5.91 Å². The molecule has 2 N–H and O–H groups in total. The number of hydrogen-bond acceptors (Lipinski definition) is 3. The molecule has 0 bridgehead atoms. The molecule has 0 spiro atoms. The van der Waals surface area contributed by atoms with Gasteiger partial charge in [-0.05, 0) is 46.7 Å². The maximum absolute atomic E-state index is 12.8. The Morgan fingerprint density at radius 2 is 1.50 bits per heavy atom. The number of carbonyl (C=O) groups excluding carboxylic acids is 2. The molecule has 0 saturated carbocycles. The molecule has 0 aliphatic carbocycles. The van der Waals surface area contributed by atoms with Crippen LogP contribution >= 0.6 is 0 Å². The van der Waals surface area contributed by atoms with Gasteiger partial charge in [-0.25, -0.2) is 0 Å². The summed E-state index contributed by atoms with van der Waals surface area (Å²) in [5.74, 6) is -0.226. The van der Waals surface area contributed by atoms with Crippen LogP contribution in [-0.2, 0) is 11.3 Å². The van der Waals surface area contributed by atoms with Crippen LogP contribution < -0.4 is 10.6 Å². The van der Waals surface area contributed by atoms with E-state index in [-0.39, 0.29) is 18.4 Å². The number of benzene rings is 4. The van der Waals surface area contributed by atoms with E-state index in [0.717, 1.165) is 27.7 Å². The molecule has 160 valence electrons. The van der Waals surface area contributed by atoms with E-state index in [1.54, 1.807) is 24.1 Å². The molecule has 5 heteroatoms. The van der Waals surface area contributed by atoms with Crippen LogP contribution in [0.5, 0.6) is 0 Å². The molecule has 4 aromatic rings. The molecule has 32 heavy (non-hydrogen) atoms. The fourth-order valence-electron chi connectivity index (χ4n) is 3.57. The molecule has 0 radical (unpaired) electrons. The highest BCUT2D eigenvalue weighted by Gasteiger charge is 2.13. The third-order valence-electron chi connectivity index (χ3n) is 5.21. The predicted molar refractivity (Wildman–Crippen MR) is 130 cm³/mol. The lowest BCUT2D eigenvalue weighted by molar-refractivity contribution is -0.114. The van der Waals surface area contributed by atoms with Crippen LogP contribution in [0.3, 0.4) is 0 Å². The molecular weight excluding hydrogens is 398 g/mol. The molecule has 0 heterocycles. The van der Waals surface area contributed by atoms with E-state index in [1.165, 1.54) is 0 Å². The van der Waals surface area contributed by atoms with Crippen molar-refractivity contribution in [1.82, 2.24) is 4.90 Å². The summed E-state index contributed by atoms with van der Waals surface area (Å²) in [5, 5.41) is 8.21. The van der Waals surface area contributed by atoms with Crippen LogP contribution in [0.4, 0.5) is 11.4 Å². The molecule has 5 nitrogen and oxygen atoms in total. The van der Waals surface area contributed by atoms with Crippen molar-refractivity contribution >= 4 is 34.0 Å². The summed E-state index contributed by atoms with van der Waals surface area (Å²) in [5.41, 5.74) is 3.12. The van der Waals surface area contributed by atoms with Gasteiger partial charge in [-0.15, -0.1) is 0 Å². The minimum absolute atomic E-state index is 0.0712. The van der Waals surface area contributed by atoms with Crippen molar-refractivity contribution in [3.05, 3.63) is 108 Å². The largest absolute Gasteiger partial charge is 0.376 e. The lowest BCUT2D eigenvalue weighted by Crippen LogP contribution is -2.26. The Bertz CT molecular complexity index is 1240. The second-order valence-electron chi connectivity index (χ2n) is 7.69. The number of amides is 2. The van der Waals surface area contributed by atoms with Gasteiger partial charge in [0.1, 0.15) is 0 Å². The van der Waals surface area contributed by atoms with Crippen molar-refractivity contribution in [2.45, 2.75) is 6.54 Å².